The van der Waals surface area contributed by atoms with Gasteiger partial charge in [-0.25, -0.2) is 4.98 Å². The van der Waals surface area contributed by atoms with E-state index in [-0.39, 0.29) is 5.75 Å². The number of hydrogen-bond donors (Lipinski definition) is 2. The highest BCUT2D eigenvalue weighted by Gasteiger charge is 2.08. The van der Waals surface area contributed by atoms with Crippen LogP contribution in [0.1, 0.15) is 25.1 Å². The maximum Gasteiger partial charge on any atom is 0.137 e. The summed E-state index contributed by atoms with van der Waals surface area (Å²) in [7, 11) is 0. The third-order valence-corrected chi connectivity index (χ3v) is 2.74. The van der Waals surface area contributed by atoms with E-state index in [2.05, 4.69) is 23.8 Å². The van der Waals surface area contributed by atoms with Crippen LogP contribution in [-0.4, -0.2) is 15.1 Å². The first-order valence-corrected chi connectivity index (χ1v) is 5.60. The zero-order valence-electron chi connectivity index (χ0n) is 9.62. The highest BCUT2D eigenvalue weighted by molar-refractivity contribution is 5.62. The molecular weight excluding hydrogens is 200 g/mol. The summed E-state index contributed by atoms with van der Waals surface area (Å²) in [6.07, 6.45) is 3.71. The molecule has 0 spiro atoms. The Balaban J connectivity index is 2.49. The molecule has 1 aromatic carbocycles. The molecule has 0 atom stereocenters. The Morgan fingerprint density at radius 3 is 2.69 bits per heavy atom. The van der Waals surface area contributed by atoms with Crippen LogP contribution in [0.3, 0.4) is 0 Å². The van der Waals surface area contributed by atoms with E-state index in [4.69, 9.17) is 0 Å². The first kappa shape index (κ1) is 10.7. The number of H-pyrrole nitrogens is 1. The minimum absolute atomic E-state index is 0.279. The van der Waals surface area contributed by atoms with Gasteiger partial charge in [-0.2, -0.15) is 0 Å². The molecule has 0 saturated heterocycles. The summed E-state index contributed by atoms with van der Waals surface area (Å²) in [5, 5.41) is 9.52. The van der Waals surface area contributed by atoms with Crippen molar-refractivity contribution in [2.75, 3.05) is 0 Å². The fraction of sp³-hybridized carbons (Fsp3) is 0.308. The Morgan fingerprint density at radius 2 is 2.06 bits per heavy atom. The normalized spacial score (nSPS) is 10.6. The first-order chi connectivity index (χ1) is 7.74. The number of rotatable bonds is 3. The Labute approximate surface area is 95.2 Å². The van der Waals surface area contributed by atoms with Gasteiger partial charge >= 0.3 is 0 Å². The summed E-state index contributed by atoms with van der Waals surface area (Å²) in [4.78, 5) is 7.60. The molecular formula is C13H16N2O. The van der Waals surface area contributed by atoms with E-state index in [0.29, 0.717) is 0 Å². The van der Waals surface area contributed by atoms with Crippen LogP contribution in [0.25, 0.3) is 11.4 Å². The van der Waals surface area contributed by atoms with Crippen LogP contribution >= 0.6 is 0 Å². The van der Waals surface area contributed by atoms with Crippen molar-refractivity contribution in [3.63, 3.8) is 0 Å². The number of imidazole rings is 1. The van der Waals surface area contributed by atoms with Crippen LogP contribution in [0.5, 0.6) is 5.75 Å². The number of aryl methyl sites for hydroxylation is 2. The van der Waals surface area contributed by atoms with Gasteiger partial charge in [0.15, 0.2) is 0 Å². The molecule has 0 amide bonds. The van der Waals surface area contributed by atoms with E-state index >= 15 is 0 Å². The lowest BCUT2D eigenvalue weighted by Gasteiger charge is -2.05. The first-order valence-electron chi connectivity index (χ1n) is 5.60. The second-order valence-corrected chi connectivity index (χ2v) is 3.81. The maximum absolute atomic E-state index is 9.52. The lowest BCUT2D eigenvalue weighted by Crippen LogP contribution is -1.89. The summed E-state index contributed by atoms with van der Waals surface area (Å²) in [6, 6.07) is 5.42. The molecule has 84 valence electrons. The number of nitrogens with one attached hydrogen (secondary N) is 1. The summed E-state index contributed by atoms with van der Waals surface area (Å²) in [6.45, 7) is 4.18. The van der Waals surface area contributed by atoms with Gasteiger partial charge in [0.25, 0.3) is 0 Å². The van der Waals surface area contributed by atoms with Crippen LogP contribution in [0, 0.1) is 0 Å². The summed E-state index contributed by atoms with van der Waals surface area (Å²) in [5.41, 5.74) is 3.29. The molecule has 2 N–H and O–H groups in total. The van der Waals surface area contributed by atoms with Crippen molar-refractivity contribution < 1.29 is 5.11 Å². The molecule has 0 bridgehead atoms. The van der Waals surface area contributed by atoms with Crippen LogP contribution < -0.4 is 0 Å². The minimum atomic E-state index is 0.279. The van der Waals surface area contributed by atoms with Gasteiger partial charge < -0.3 is 10.1 Å². The predicted octanol–water partition coefficient (Wildman–Crippen LogP) is 2.91. The van der Waals surface area contributed by atoms with Gasteiger partial charge in [0.2, 0.25) is 0 Å². The second kappa shape index (κ2) is 4.39. The Kier molecular flexibility index (Phi) is 2.95. The summed E-state index contributed by atoms with van der Waals surface area (Å²) >= 11 is 0. The number of aromatic hydroxyl groups is 1. The molecule has 0 saturated carbocycles. The zero-order chi connectivity index (χ0) is 11.5. The molecule has 0 aliphatic rings. The lowest BCUT2D eigenvalue weighted by molar-refractivity contribution is 0.475. The number of hydrogen-bond acceptors (Lipinski definition) is 2. The van der Waals surface area contributed by atoms with Crippen LogP contribution in [0.2, 0.25) is 0 Å². The standard InChI is InChI=1S/C13H16N2O/c1-3-9-5-6-11(16)7-12(9)13-14-8-10(4-2)15-13/h5-8,16H,3-4H2,1-2H3,(H,14,15). The van der Waals surface area contributed by atoms with Crippen molar-refractivity contribution in [2.45, 2.75) is 26.7 Å². The molecule has 3 nitrogen and oxygen atoms in total. The average Bonchev–Trinajstić information content (AvgIpc) is 2.77. The maximum atomic E-state index is 9.52. The van der Waals surface area contributed by atoms with Crippen LogP contribution in [0.4, 0.5) is 0 Å². The SMILES string of the molecule is CCc1cnc(-c2cc(O)ccc2CC)[nH]1. The van der Waals surface area contributed by atoms with Gasteiger partial charge in [-0.3, -0.25) is 0 Å². The van der Waals surface area contributed by atoms with E-state index in [1.165, 1.54) is 5.56 Å². The number of aromatic nitrogens is 2. The van der Waals surface area contributed by atoms with Gasteiger partial charge in [0, 0.05) is 17.5 Å². The van der Waals surface area contributed by atoms with Crippen molar-refractivity contribution >= 4 is 0 Å². The van der Waals surface area contributed by atoms with Gasteiger partial charge in [-0.05, 0) is 30.5 Å². The third-order valence-electron chi connectivity index (χ3n) is 2.74. The fourth-order valence-corrected chi connectivity index (χ4v) is 1.77. The molecule has 1 aromatic heterocycles. The summed E-state index contributed by atoms with van der Waals surface area (Å²) < 4.78 is 0. The van der Waals surface area contributed by atoms with Gasteiger partial charge in [0.05, 0.1) is 0 Å². The molecule has 0 fully saturated rings. The number of benzene rings is 1. The van der Waals surface area contributed by atoms with Crippen LogP contribution in [0.15, 0.2) is 24.4 Å². The van der Waals surface area contributed by atoms with E-state index in [9.17, 15) is 5.11 Å². The molecule has 3 heteroatoms. The topological polar surface area (TPSA) is 48.9 Å². The monoisotopic (exact) mass is 216 g/mol. The Bertz CT molecular complexity index is 488. The van der Waals surface area contributed by atoms with Crippen molar-refractivity contribution in [2.24, 2.45) is 0 Å². The lowest BCUT2D eigenvalue weighted by atomic mass is 10.0. The molecule has 1 heterocycles. The fourth-order valence-electron chi connectivity index (χ4n) is 1.77. The van der Waals surface area contributed by atoms with Crippen molar-refractivity contribution in [3.05, 3.63) is 35.7 Å². The zero-order valence-corrected chi connectivity index (χ0v) is 9.62. The van der Waals surface area contributed by atoms with Gasteiger partial charge in [-0.15, -0.1) is 0 Å². The number of nitrogens with zero attached hydrogens (tertiary/aromatic N) is 1. The third kappa shape index (κ3) is 1.94. The largest absolute Gasteiger partial charge is 0.508 e. The van der Waals surface area contributed by atoms with Gasteiger partial charge in [-0.1, -0.05) is 19.9 Å². The molecule has 0 unspecified atom stereocenters. The quantitative estimate of drug-likeness (QED) is 0.828. The molecule has 2 aromatic rings. The highest BCUT2D eigenvalue weighted by Crippen LogP contribution is 2.25. The van der Waals surface area contributed by atoms with Gasteiger partial charge in [0.1, 0.15) is 11.6 Å². The number of phenolic OH excluding ortho intramolecular Hbond substituents is 1. The highest BCUT2D eigenvalue weighted by atomic mass is 16.3. The molecule has 2 rings (SSSR count). The van der Waals surface area contributed by atoms with Crippen molar-refractivity contribution in [1.29, 1.82) is 0 Å². The van der Waals surface area contributed by atoms with E-state index in [0.717, 1.165) is 29.9 Å². The van der Waals surface area contributed by atoms with E-state index in [1.807, 2.05) is 12.3 Å². The van der Waals surface area contributed by atoms with E-state index in [1.54, 1.807) is 12.1 Å². The molecule has 0 radical (unpaired) electrons. The minimum Gasteiger partial charge on any atom is -0.508 e. The average molecular weight is 216 g/mol. The smallest absolute Gasteiger partial charge is 0.137 e. The summed E-state index contributed by atoms with van der Waals surface area (Å²) in [5.74, 6) is 1.12. The predicted molar refractivity (Wildman–Crippen MR) is 64.4 cm³/mol. The molecule has 0 aliphatic carbocycles. The Morgan fingerprint density at radius 1 is 1.25 bits per heavy atom. The Hall–Kier alpha value is -1.77. The van der Waals surface area contributed by atoms with E-state index < -0.39 is 0 Å². The van der Waals surface area contributed by atoms with Crippen molar-refractivity contribution in [1.82, 2.24) is 9.97 Å². The second-order valence-electron chi connectivity index (χ2n) is 3.81. The number of phenols is 1. The van der Waals surface area contributed by atoms with Crippen LogP contribution in [-0.2, 0) is 12.8 Å². The molecule has 16 heavy (non-hydrogen) atoms. The number of aromatic amines is 1. The molecule has 0 aliphatic heterocycles. The van der Waals surface area contributed by atoms with Crippen molar-refractivity contribution in [3.8, 4) is 17.1 Å².